The van der Waals surface area contributed by atoms with E-state index < -0.39 is 0 Å². The monoisotopic (exact) mass is 331 g/mol. The highest BCUT2D eigenvalue weighted by molar-refractivity contribution is 5.99. The molecular formula is C21H33NO2. The largest absolute Gasteiger partial charge is 0.375 e. The minimum atomic E-state index is 0. The SMILES string of the molecule is C.CC1CC(C)CN(CCOCc2ccc(C(=O)C3CC3)cc2)C1. The van der Waals surface area contributed by atoms with Crippen molar-refractivity contribution < 1.29 is 9.53 Å². The summed E-state index contributed by atoms with van der Waals surface area (Å²) >= 11 is 0. The predicted molar refractivity (Wildman–Crippen MR) is 99.3 cm³/mol. The highest BCUT2D eigenvalue weighted by Gasteiger charge is 2.30. The number of likely N-dealkylation sites (tertiary alicyclic amines) is 1. The minimum Gasteiger partial charge on any atom is -0.375 e. The van der Waals surface area contributed by atoms with Gasteiger partial charge in [-0.3, -0.25) is 4.79 Å². The van der Waals surface area contributed by atoms with Crippen molar-refractivity contribution in [1.82, 2.24) is 4.90 Å². The Balaban J connectivity index is 0.00000208. The van der Waals surface area contributed by atoms with E-state index in [1.165, 1.54) is 19.5 Å². The first-order chi connectivity index (χ1) is 11.1. The number of piperidine rings is 1. The van der Waals surface area contributed by atoms with Gasteiger partial charge < -0.3 is 9.64 Å². The lowest BCUT2D eigenvalue weighted by Crippen LogP contribution is -2.40. The van der Waals surface area contributed by atoms with Gasteiger partial charge in [0.25, 0.3) is 0 Å². The topological polar surface area (TPSA) is 29.5 Å². The molecule has 0 N–H and O–H groups in total. The molecule has 134 valence electrons. The maximum absolute atomic E-state index is 12.0. The first kappa shape index (κ1) is 19.1. The molecule has 0 aromatic heterocycles. The van der Waals surface area contributed by atoms with Crippen LogP contribution in [0.4, 0.5) is 0 Å². The summed E-state index contributed by atoms with van der Waals surface area (Å²) in [6, 6.07) is 7.96. The van der Waals surface area contributed by atoms with E-state index in [1.807, 2.05) is 24.3 Å². The van der Waals surface area contributed by atoms with Gasteiger partial charge in [0.1, 0.15) is 0 Å². The fourth-order valence-corrected chi connectivity index (χ4v) is 3.70. The van der Waals surface area contributed by atoms with Gasteiger partial charge in [-0.25, -0.2) is 0 Å². The number of ketones is 1. The Morgan fingerprint density at radius 2 is 1.75 bits per heavy atom. The summed E-state index contributed by atoms with van der Waals surface area (Å²) in [7, 11) is 0. The van der Waals surface area contributed by atoms with Crippen molar-refractivity contribution in [2.75, 3.05) is 26.2 Å². The summed E-state index contributed by atoms with van der Waals surface area (Å²) in [4.78, 5) is 14.5. The summed E-state index contributed by atoms with van der Waals surface area (Å²) in [5.41, 5.74) is 2.00. The Labute approximate surface area is 147 Å². The third-order valence-corrected chi connectivity index (χ3v) is 4.95. The van der Waals surface area contributed by atoms with Crippen molar-refractivity contribution in [2.45, 2.75) is 47.1 Å². The lowest BCUT2D eigenvalue weighted by molar-refractivity contribution is 0.0662. The second-order valence-electron chi connectivity index (χ2n) is 7.59. The van der Waals surface area contributed by atoms with Crippen LogP contribution in [0.3, 0.4) is 0 Å². The number of ether oxygens (including phenoxy) is 1. The zero-order valence-corrected chi connectivity index (χ0v) is 14.5. The lowest BCUT2D eigenvalue weighted by Gasteiger charge is -2.34. The average Bonchev–Trinajstić information content (AvgIpc) is 3.35. The Morgan fingerprint density at radius 3 is 2.33 bits per heavy atom. The summed E-state index contributed by atoms with van der Waals surface area (Å²) in [6.07, 6.45) is 3.48. The lowest BCUT2D eigenvalue weighted by atomic mass is 9.92. The van der Waals surface area contributed by atoms with E-state index in [-0.39, 0.29) is 7.43 Å². The van der Waals surface area contributed by atoms with E-state index in [0.29, 0.717) is 18.3 Å². The molecule has 2 fully saturated rings. The molecule has 24 heavy (non-hydrogen) atoms. The number of hydrogen-bond donors (Lipinski definition) is 0. The van der Waals surface area contributed by atoms with Gasteiger partial charge in [-0.2, -0.15) is 0 Å². The van der Waals surface area contributed by atoms with Gasteiger partial charge in [-0.05, 0) is 36.7 Å². The van der Waals surface area contributed by atoms with E-state index in [0.717, 1.165) is 49.0 Å². The number of benzene rings is 1. The van der Waals surface area contributed by atoms with E-state index >= 15 is 0 Å². The Kier molecular flexibility index (Phi) is 7.00. The third kappa shape index (κ3) is 5.42. The zero-order chi connectivity index (χ0) is 16.2. The van der Waals surface area contributed by atoms with Crippen LogP contribution in [-0.4, -0.2) is 36.9 Å². The Bertz CT molecular complexity index is 511. The molecule has 1 aromatic rings. The van der Waals surface area contributed by atoms with Crippen LogP contribution in [0.2, 0.25) is 0 Å². The highest BCUT2D eigenvalue weighted by Crippen LogP contribution is 2.32. The highest BCUT2D eigenvalue weighted by atomic mass is 16.5. The number of carbonyl (C=O) groups is 1. The number of rotatable bonds is 7. The molecule has 3 heteroatoms. The molecular weight excluding hydrogens is 298 g/mol. The van der Waals surface area contributed by atoms with Crippen molar-refractivity contribution >= 4 is 5.78 Å². The number of nitrogens with zero attached hydrogens (tertiary/aromatic N) is 1. The molecule has 1 saturated heterocycles. The van der Waals surface area contributed by atoms with E-state index in [1.54, 1.807) is 0 Å². The summed E-state index contributed by atoms with van der Waals surface area (Å²) in [5, 5.41) is 0. The van der Waals surface area contributed by atoms with Gasteiger partial charge in [0.15, 0.2) is 5.78 Å². The maximum atomic E-state index is 12.0. The molecule has 3 rings (SSSR count). The molecule has 1 aliphatic carbocycles. The number of carbonyl (C=O) groups excluding carboxylic acids is 1. The van der Waals surface area contributed by atoms with Crippen LogP contribution in [0.1, 0.15) is 56.5 Å². The summed E-state index contributed by atoms with van der Waals surface area (Å²) < 4.78 is 5.83. The van der Waals surface area contributed by atoms with Crippen molar-refractivity contribution in [1.29, 1.82) is 0 Å². The second-order valence-corrected chi connectivity index (χ2v) is 7.59. The van der Waals surface area contributed by atoms with Gasteiger partial charge in [0, 0.05) is 31.1 Å². The minimum absolute atomic E-state index is 0. The predicted octanol–water partition coefficient (Wildman–Crippen LogP) is 4.41. The molecule has 3 nitrogen and oxygen atoms in total. The van der Waals surface area contributed by atoms with Gasteiger partial charge in [-0.15, -0.1) is 0 Å². The van der Waals surface area contributed by atoms with Gasteiger partial charge in [0.2, 0.25) is 0 Å². The Morgan fingerprint density at radius 1 is 1.12 bits per heavy atom. The third-order valence-electron chi connectivity index (χ3n) is 4.95. The molecule has 2 unspecified atom stereocenters. The van der Waals surface area contributed by atoms with Crippen molar-refractivity contribution in [3.05, 3.63) is 35.4 Å². The van der Waals surface area contributed by atoms with Crippen LogP contribution in [0.5, 0.6) is 0 Å². The van der Waals surface area contributed by atoms with Crippen LogP contribution in [-0.2, 0) is 11.3 Å². The molecule has 0 amide bonds. The molecule has 0 bridgehead atoms. The fraction of sp³-hybridized carbons (Fsp3) is 0.667. The quantitative estimate of drug-likeness (QED) is 0.547. The first-order valence-electron chi connectivity index (χ1n) is 9.05. The van der Waals surface area contributed by atoms with Crippen LogP contribution in [0, 0.1) is 17.8 Å². The van der Waals surface area contributed by atoms with Crippen LogP contribution in [0.25, 0.3) is 0 Å². The number of hydrogen-bond acceptors (Lipinski definition) is 3. The van der Waals surface area contributed by atoms with Gasteiger partial charge in [0.05, 0.1) is 13.2 Å². The molecule has 1 aromatic carbocycles. The molecule has 1 aliphatic heterocycles. The van der Waals surface area contributed by atoms with E-state index in [9.17, 15) is 4.79 Å². The average molecular weight is 332 g/mol. The molecule has 2 aliphatic rings. The molecule has 2 atom stereocenters. The molecule has 0 radical (unpaired) electrons. The molecule has 0 spiro atoms. The van der Waals surface area contributed by atoms with Crippen LogP contribution in [0.15, 0.2) is 24.3 Å². The standard InChI is InChI=1S/C20H29NO2.CH4/c1-15-11-16(2)13-21(12-15)9-10-23-14-17-3-5-18(6-4-17)20(22)19-7-8-19;/h3-6,15-16,19H,7-14H2,1-2H3;1H4. The van der Waals surface area contributed by atoms with Crippen LogP contribution < -0.4 is 0 Å². The second kappa shape index (κ2) is 8.77. The fourth-order valence-electron chi connectivity index (χ4n) is 3.70. The first-order valence-corrected chi connectivity index (χ1v) is 9.05. The van der Waals surface area contributed by atoms with Crippen molar-refractivity contribution in [3.8, 4) is 0 Å². The van der Waals surface area contributed by atoms with Crippen molar-refractivity contribution in [2.24, 2.45) is 17.8 Å². The van der Waals surface area contributed by atoms with E-state index in [2.05, 4.69) is 18.7 Å². The van der Waals surface area contributed by atoms with E-state index in [4.69, 9.17) is 4.74 Å². The van der Waals surface area contributed by atoms with Crippen molar-refractivity contribution in [3.63, 3.8) is 0 Å². The molecule has 1 saturated carbocycles. The maximum Gasteiger partial charge on any atom is 0.165 e. The van der Waals surface area contributed by atoms with Gasteiger partial charge in [-0.1, -0.05) is 45.5 Å². The Hall–Kier alpha value is -1.19. The number of Topliss-reactive ketones (excluding diaryl/α,β-unsaturated/α-hetero) is 1. The summed E-state index contributed by atoms with van der Waals surface area (Å²) in [5.74, 6) is 2.21. The smallest absolute Gasteiger partial charge is 0.165 e. The summed E-state index contributed by atoms with van der Waals surface area (Å²) in [6.45, 7) is 9.52. The zero-order valence-electron chi connectivity index (χ0n) is 14.5. The van der Waals surface area contributed by atoms with Crippen LogP contribution >= 0.6 is 0 Å². The molecule has 1 heterocycles. The normalized spacial score (nSPS) is 24.4. The van der Waals surface area contributed by atoms with Gasteiger partial charge >= 0.3 is 0 Å².